The van der Waals surface area contributed by atoms with Crippen LogP contribution < -0.4 is 5.32 Å². The van der Waals surface area contributed by atoms with Crippen molar-refractivity contribution in [3.05, 3.63) is 65.2 Å². The van der Waals surface area contributed by atoms with Crippen LogP contribution >= 0.6 is 0 Å². The second kappa shape index (κ2) is 9.37. The van der Waals surface area contributed by atoms with E-state index in [2.05, 4.69) is 5.32 Å². The van der Waals surface area contributed by atoms with E-state index in [0.29, 0.717) is 30.8 Å². The molecular weight excluding hydrogens is 368 g/mol. The second-order valence-electron chi connectivity index (χ2n) is 7.54. The Hall–Kier alpha value is -3.15. The van der Waals surface area contributed by atoms with Crippen LogP contribution in [0, 0.1) is 12.8 Å². The van der Waals surface area contributed by atoms with E-state index in [0.717, 1.165) is 24.0 Å². The van der Waals surface area contributed by atoms with Crippen LogP contribution in [0.15, 0.2) is 48.5 Å². The predicted octanol–water partition coefficient (Wildman–Crippen LogP) is 3.50. The van der Waals surface area contributed by atoms with E-state index in [1.807, 2.05) is 43.3 Å². The number of anilines is 1. The molecule has 0 aromatic heterocycles. The summed E-state index contributed by atoms with van der Waals surface area (Å²) in [5.41, 5.74) is 3.34. The largest absolute Gasteiger partial charge is 0.481 e. The Morgan fingerprint density at radius 3 is 2.41 bits per heavy atom. The number of rotatable bonds is 6. The first-order chi connectivity index (χ1) is 13.9. The minimum Gasteiger partial charge on any atom is -0.481 e. The van der Waals surface area contributed by atoms with Crippen LogP contribution in [-0.2, 0) is 16.0 Å². The summed E-state index contributed by atoms with van der Waals surface area (Å²) in [5.74, 6) is -1.20. The lowest BCUT2D eigenvalue weighted by atomic mass is 9.96. The molecule has 2 aromatic carbocycles. The molecule has 6 heteroatoms. The molecule has 0 radical (unpaired) electrons. The molecule has 2 amide bonds. The van der Waals surface area contributed by atoms with Gasteiger partial charge in [0.1, 0.15) is 0 Å². The van der Waals surface area contributed by atoms with Crippen LogP contribution in [0.2, 0.25) is 0 Å². The summed E-state index contributed by atoms with van der Waals surface area (Å²) in [6.07, 6.45) is 2.09. The molecular formula is C23H26N2O4. The van der Waals surface area contributed by atoms with E-state index in [-0.39, 0.29) is 24.2 Å². The van der Waals surface area contributed by atoms with Crippen molar-refractivity contribution in [1.82, 2.24) is 4.90 Å². The fourth-order valence-electron chi connectivity index (χ4n) is 3.50. The number of carbonyl (C=O) groups is 3. The SMILES string of the molecule is Cc1ccc(C(=O)N2CCCC(C(=O)Nc3ccc(CCC(=O)O)cc3)C2)cc1. The number of hydrogen-bond acceptors (Lipinski definition) is 3. The molecule has 3 rings (SSSR count). The number of nitrogens with zero attached hydrogens (tertiary/aromatic N) is 1. The number of piperidine rings is 1. The minimum absolute atomic E-state index is 0.0368. The van der Waals surface area contributed by atoms with Crippen molar-refractivity contribution in [2.45, 2.75) is 32.6 Å². The van der Waals surface area contributed by atoms with Gasteiger partial charge >= 0.3 is 5.97 Å². The highest BCUT2D eigenvalue weighted by Gasteiger charge is 2.29. The standard InChI is InChI=1S/C23H26N2O4/c1-16-4-9-18(10-5-16)23(29)25-14-2-3-19(15-25)22(28)24-20-11-6-17(7-12-20)8-13-21(26)27/h4-7,9-12,19H,2-3,8,13-15H2,1H3,(H,24,28)(H,26,27). The van der Waals surface area contributed by atoms with Gasteiger partial charge in [0.25, 0.3) is 5.91 Å². The molecule has 1 fully saturated rings. The highest BCUT2D eigenvalue weighted by Crippen LogP contribution is 2.21. The number of hydrogen-bond donors (Lipinski definition) is 2. The zero-order valence-electron chi connectivity index (χ0n) is 16.6. The summed E-state index contributed by atoms with van der Waals surface area (Å²) in [7, 11) is 0. The van der Waals surface area contributed by atoms with Crippen molar-refractivity contribution >= 4 is 23.5 Å². The van der Waals surface area contributed by atoms with Crippen molar-refractivity contribution in [1.29, 1.82) is 0 Å². The van der Waals surface area contributed by atoms with E-state index in [1.165, 1.54) is 0 Å². The van der Waals surface area contributed by atoms with Crippen LogP contribution in [0.1, 0.15) is 40.7 Å². The van der Waals surface area contributed by atoms with Gasteiger partial charge < -0.3 is 15.3 Å². The normalized spacial score (nSPS) is 16.3. The van der Waals surface area contributed by atoms with Crippen molar-refractivity contribution in [3.63, 3.8) is 0 Å². The first kappa shape index (κ1) is 20.6. The maximum Gasteiger partial charge on any atom is 0.303 e. The molecule has 2 aromatic rings. The molecule has 0 spiro atoms. The summed E-state index contributed by atoms with van der Waals surface area (Å²) in [5, 5.41) is 11.7. The lowest BCUT2D eigenvalue weighted by molar-refractivity contribution is -0.137. The van der Waals surface area contributed by atoms with E-state index in [1.54, 1.807) is 17.0 Å². The van der Waals surface area contributed by atoms with Gasteiger partial charge in [-0.2, -0.15) is 0 Å². The third-order valence-electron chi connectivity index (χ3n) is 5.23. The lowest BCUT2D eigenvalue weighted by Crippen LogP contribution is -2.43. The Balaban J connectivity index is 1.57. The van der Waals surface area contributed by atoms with Crippen LogP contribution in [0.3, 0.4) is 0 Å². The number of amides is 2. The number of aliphatic carboxylic acids is 1. The average Bonchev–Trinajstić information content (AvgIpc) is 2.73. The number of carboxylic acids is 1. The van der Waals surface area contributed by atoms with Gasteiger partial charge in [0.2, 0.25) is 5.91 Å². The zero-order valence-corrected chi connectivity index (χ0v) is 16.6. The lowest BCUT2D eigenvalue weighted by Gasteiger charge is -2.32. The molecule has 1 saturated heterocycles. The fraction of sp³-hybridized carbons (Fsp3) is 0.348. The van der Waals surface area contributed by atoms with Crippen LogP contribution in [0.25, 0.3) is 0 Å². The minimum atomic E-state index is -0.829. The van der Waals surface area contributed by atoms with Crippen molar-refractivity contribution in [3.8, 4) is 0 Å². The number of carbonyl (C=O) groups excluding carboxylic acids is 2. The Morgan fingerprint density at radius 2 is 1.76 bits per heavy atom. The number of aryl methyl sites for hydroxylation is 2. The van der Waals surface area contributed by atoms with E-state index >= 15 is 0 Å². The number of benzene rings is 2. The second-order valence-corrected chi connectivity index (χ2v) is 7.54. The van der Waals surface area contributed by atoms with Crippen LogP contribution in [-0.4, -0.2) is 40.9 Å². The quantitative estimate of drug-likeness (QED) is 0.785. The van der Waals surface area contributed by atoms with E-state index in [9.17, 15) is 14.4 Å². The fourth-order valence-corrected chi connectivity index (χ4v) is 3.50. The molecule has 1 aliphatic rings. The van der Waals surface area contributed by atoms with Gasteiger partial charge in [-0.3, -0.25) is 14.4 Å². The highest BCUT2D eigenvalue weighted by molar-refractivity contribution is 5.96. The topological polar surface area (TPSA) is 86.7 Å². The molecule has 6 nitrogen and oxygen atoms in total. The van der Waals surface area contributed by atoms with Crippen molar-refractivity contribution < 1.29 is 19.5 Å². The molecule has 0 bridgehead atoms. The summed E-state index contributed by atoms with van der Waals surface area (Å²) in [6.45, 7) is 3.05. The highest BCUT2D eigenvalue weighted by atomic mass is 16.4. The van der Waals surface area contributed by atoms with Crippen LogP contribution in [0.4, 0.5) is 5.69 Å². The Kier molecular flexibility index (Phi) is 6.65. The van der Waals surface area contributed by atoms with Gasteiger partial charge in [-0.05, 0) is 56.0 Å². The predicted molar refractivity (Wildman–Crippen MR) is 111 cm³/mol. The third kappa shape index (κ3) is 5.67. The Labute approximate surface area is 170 Å². The van der Waals surface area contributed by atoms with Gasteiger partial charge in [0.15, 0.2) is 0 Å². The van der Waals surface area contributed by atoms with Gasteiger partial charge in [-0.1, -0.05) is 29.8 Å². The molecule has 1 atom stereocenters. The smallest absolute Gasteiger partial charge is 0.303 e. The molecule has 1 heterocycles. The first-order valence-electron chi connectivity index (χ1n) is 9.90. The molecule has 152 valence electrons. The molecule has 2 N–H and O–H groups in total. The Morgan fingerprint density at radius 1 is 1.07 bits per heavy atom. The summed E-state index contributed by atoms with van der Waals surface area (Å²) in [6, 6.07) is 14.7. The van der Waals surface area contributed by atoms with Crippen LogP contribution in [0.5, 0.6) is 0 Å². The maximum absolute atomic E-state index is 12.7. The van der Waals surface area contributed by atoms with Crippen molar-refractivity contribution in [2.75, 3.05) is 18.4 Å². The van der Waals surface area contributed by atoms with Gasteiger partial charge in [0, 0.05) is 30.8 Å². The maximum atomic E-state index is 12.7. The number of likely N-dealkylation sites (tertiary alicyclic amines) is 1. The Bertz CT molecular complexity index is 875. The summed E-state index contributed by atoms with van der Waals surface area (Å²) < 4.78 is 0. The third-order valence-corrected chi connectivity index (χ3v) is 5.23. The average molecular weight is 394 g/mol. The summed E-state index contributed by atoms with van der Waals surface area (Å²) in [4.78, 5) is 37.8. The zero-order chi connectivity index (χ0) is 20.8. The van der Waals surface area contributed by atoms with Gasteiger partial charge in [-0.15, -0.1) is 0 Å². The molecule has 0 aliphatic carbocycles. The number of nitrogens with one attached hydrogen (secondary N) is 1. The van der Waals surface area contributed by atoms with Gasteiger partial charge in [-0.25, -0.2) is 0 Å². The molecule has 1 aliphatic heterocycles. The van der Waals surface area contributed by atoms with E-state index in [4.69, 9.17) is 5.11 Å². The number of carboxylic acid groups (broad SMARTS) is 1. The van der Waals surface area contributed by atoms with Gasteiger partial charge in [0.05, 0.1) is 5.92 Å². The first-order valence-corrected chi connectivity index (χ1v) is 9.90. The monoisotopic (exact) mass is 394 g/mol. The van der Waals surface area contributed by atoms with Crippen molar-refractivity contribution in [2.24, 2.45) is 5.92 Å². The molecule has 1 unspecified atom stereocenters. The molecule has 29 heavy (non-hydrogen) atoms. The van der Waals surface area contributed by atoms with E-state index < -0.39 is 5.97 Å². The molecule has 0 saturated carbocycles. The summed E-state index contributed by atoms with van der Waals surface area (Å²) >= 11 is 0.